The first-order valence-corrected chi connectivity index (χ1v) is 5.60. The molecule has 0 atom stereocenters. The van der Waals surface area contributed by atoms with Crippen molar-refractivity contribution in [3.05, 3.63) is 47.8 Å². The van der Waals surface area contributed by atoms with Crippen LogP contribution in [0.5, 0.6) is 0 Å². The van der Waals surface area contributed by atoms with Crippen LogP contribution in [0.25, 0.3) is 0 Å². The average molecular weight is 215 g/mol. The van der Waals surface area contributed by atoms with Gasteiger partial charge in [-0.2, -0.15) is 0 Å². The topological polar surface area (TPSA) is 29.9 Å². The van der Waals surface area contributed by atoms with Crippen molar-refractivity contribution < 1.29 is 0 Å². The van der Waals surface area contributed by atoms with Crippen LogP contribution in [0.1, 0.15) is 18.1 Å². The molecule has 0 saturated carbocycles. The molecule has 0 aliphatic heterocycles. The van der Waals surface area contributed by atoms with Gasteiger partial charge in [-0.05, 0) is 19.4 Å². The highest BCUT2D eigenvalue weighted by molar-refractivity contribution is 5.28. The second-order valence-corrected chi connectivity index (χ2v) is 3.89. The molecule has 1 N–H and O–H groups in total. The molecular weight excluding hydrogens is 198 g/mol. The van der Waals surface area contributed by atoms with Gasteiger partial charge in [-0.3, -0.25) is 0 Å². The number of benzene rings is 1. The second-order valence-electron chi connectivity index (χ2n) is 3.89. The summed E-state index contributed by atoms with van der Waals surface area (Å²) in [6, 6.07) is 8.59. The van der Waals surface area contributed by atoms with E-state index in [2.05, 4.69) is 53.0 Å². The minimum atomic E-state index is 0.864. The van der Waals surface area contributed by atoms with Crippen LogP contribution in [0.15, 0.2) is 36.7 Å². The van der Waals surface area contributed by atoms with E-state index in [1.807, 2.05) is 12.4 Å². The number of aryl methyl sites for hydroxylation is 1. The third-order valence-corrected chi connectivity index (χ3v) is 2.52. The van der Waals surface area contributed by atoms with Gasteiger partial charge in [0.1, 0.15) is 0 Å². The van der Waals surface area contributed by atoms with Gasteiger partial charge in [0.2, 0.25) is 5.95 Å². The maximum atomic E-state index is 4.27. The summed E-state index contributed by atoms with van der Waals surface area (Å²) >= 11 is 0. The molecule has 2 rings (SSSR count). The number of rotatable bonds is 4. The predicted molar refractivity (Wildman–Crippen MR) is 66.7 cm³/mol. The molecule has 0 spiro atoms. The quantitative estimate of drug-likeness (QED) is 0.849. The summed E-state index contributed by atoms with van der Waals surface area (Å²) in [5.74, 6) is 0.933. The Morgan fingerprint density at radius 2 is 2.00 bits per heavy atom. The van der Waals surface area contributed by atoms with Gasteiger partial charge in [0.15, 0.2) is 0 Å². The number of imidazole rings is 1. The van der Waals surface area contributed by atoms with Crippen LogP contribution in [0.3, 0.4) is 0 Å². The lowest BCUT2D eigenvalue weighted by atomic mass is 10.1. The number of nitrogens with one attached hydrogen (secondary N) is 1. The van der Waals surface area contributed by atoms with Crippen LogP contribution < -0.4 is 5.32 Å². The Balaban J connectivity index is 2.13. The molecule has 1 aromatic carbocycles. The van der Waals surface area contributed by atoms with E-state index in [-0.39, 0.29) is 0 Å². The molecule has 0 bridgehead atoms. The summed E-state index contributed by atoms with van der Waals surface area (Å²) in [6.45, 7) is 5.93. The van der Waals surface area contributed by atoms with Crippen molar-refractivity contribution in [2.75, 3.05) is 11.9 Å². The van der Waals surface area contributed by atoms with Crippen LogP contribution in [0.4, 0.5) is 5.95 Å². The molecule has 0 fully saturated rings. The molecule has 1 heterocycles. The summed E-state index contributed by atoms with van der Waals surface area (Å²) in [7, 11) is 0. The maximum Gasteiger partial charge on any atom is 0.203 e. The lowest BCUT2D eigenvalue weighted by molar-refractivity contribution is 0.799. The number of anilines is 1. The van der Waals surface area contributed by atoms with E-state index in [4.69, 9.17) is 0 Å². The molecule has 2 aromatic rings. The SMILES string of the molecule is CCNc1nccn1Cc1ccc(C)cc1. The molecule has 0 unspecified atom stereocenters. The summed E-state index contributed by atoms with van der Waals surface area (Å²) in [4.78, 5) is 4.27. The van der Waals surface area contributed by atoms with Gasteiger partial charge in [0.25, 0.3) is 0 Å². The van der Waals surface area contributed by atoms with Gasteiger partial charge < -0.3 is 9.88 Å². The van der Waals surface area contributed by atoms with Crippen molar-refractivity contribution in [3.8, 4) is 0 Å². The first-order chi connectivity index (χ1) is 7.79. The van der Waals surface area contributed by atoms with Crippen molar-refractivity contribution in [1.29, 1.82) is 0 Å². The van der Waals surface area contributed by atoms with Gasteiger partial charge in [0.05, 0.1) is 6.54 Å². The third-order valence-electron chi connectivity index (χ3n) is 2.52. The largest absolute Gasteiger partial charge is 0.356 e. The van der Waals surface area contributed by atoms with E-state index in [0.717, 1.165) is 19.0 Å². The Bertz CT molecular complexity index is 442. The Morgan fingerprint density at radius 3 is 2.69 bits per heavy atom. The smallest absolute Gasteiger partial charge is 0.203 e. The zero-order valence-electron chi connectivity index (χ0n) is 9.77. The van der Waals surface area contributed by atoms with Crippen LogP contribution in [-0.4, -0.2) is 16.1 Å². The lowest BCUT2D eigenvalue weighted by Crippen LogP contribution is -2.07. The molecule has 1 aromatic heterocycles. The van der Waals surface area contributed by atoms with Crippen molar-refractivity contribution in [1.82, 2.24) is 9.55 Å². The van der Waals surface area contributed by atoms with Crippen molar-refractivity contribution >= 4 is 5.95 Å². The van der Waals surface area contributed by atoms with E-state index < -0.39 is 0 Å². The fraction of sp³-hybridized carbons (Fsp3) is 0.308. The zero-order valence-corrected chi connectivity index (χ0v) is 9.77. The first kappa shape index (κ1) is 10.7. The molecule has 16 heavy (non-hydrogen) atoms. The van der Waals surface area contributed by atoms with E-state index >= 15 is 0 Å². The molecule has 84 valence electrons. The average Bonchev–Trinajstić information content (AvgIpc) is 2.70. The van der Waals surface area contributed by atoms with E-state index in [1.54, 1.807) is 0 Å². The molecule has 0 aliphatic carbocycles. The maximum absolute atomic E-state index is 4.27. The zero-order chi connectivity index (χ0) is 11.4. The molecule has 3 nitrogen and oxygen atoms in total. The summed E-state index contributed by atoms with van der Waals surface area (Å²) in [5, 5.41) is 3.24. The summed E-state index contributed by atoms with van der Waals surface area (Å²) < 4.78 is 2.12. The van der Waals surface area contributed by atoms with E-state index in [0.29, 0.717) is 0 Å². The van der Waals surface area contributed by atoms with Gasteiger partial charge in [-0.25, -0.2) is 4.98 Å². The van der Waals surface area contributed by atoms with Crippen LogP contribution in [-0.2, 0) is 6.54 Å². The highest BCUT2D eigenvalue weighted by atomic mass is 15.2. The minimum absolute atomic E-state index is 0.864. The molecule has 0 amide bonds. The van der Waals surface area contributed by atoms with E-state index in [1.165, 1.54) is 11.1 Å². The summed E-state index contributed by atoms with van der Waals surface area (Å²) in [5.41, 5.74) is 2.59. The first-order valence-electron chi connectivity index (χ1n) is 5.60. The Kier molecular flexibility index (Phi) is 3.25. The number of hydrogen-bond donors (Lipinski definition) is 1. The monoisotopic (exact) mass is 215 g/mol. The third kappa shape index (κ3) is 2.42. The van der Waals surface area contributed by atoms with Gasteiger partial charge >= 0.3 is 0 Å². The highest BCUT2D eigenvalue weighted by Gasteiger charge is 2.01. The van der Waals surface area contributed by atoms with E-state index in [9.17, 15) is 0 Å². The predicted octanol–water partition coefficient (Wildman–Crippen LogP) is 2.67. The Hall–Kier alpha value is -1.77. The fourth-order valence-corrected chi connectivity index (χ4v) is 1.65. The molecule has 0 aliphatic rings. The fourth-order valence-electron chi connectivity index (χ4n) is 1.65. The van der Waals surface area contributed by atoms with Gasteiger partial charge in [0, 0.05) is 18.9 Å². The van der Waals surface area contributed by atoms with Crippen LogP contribution in [0, 0.1) is 6.92 Å². The van der Waals surface area contributed by atoms with Gasteiger partial charge in [-0.1, -0.05) is 29.8 Å². The molecule has 0 saturated heterocycles. The minimum Gasteiger partial charge on any atom is -0.356 e. The standard InChI is InChI=1S/C13H17N3/c1-3-14-13-15-8-9-16(13)10-12-6-4-11(2)5-7-12/h4-9H,3,10H2,1-2H3,(H,14,15). The van der Waals surface area contributed by atoms with Crippen LogP contribution >= 0.6 is 0 Å². The van der Waals surface area contributed by atoms with Crippen molar-refractivity contribution in [3.63, 3.8) is 0 Å². The molecule has 0 radical (unpaired) electrons. The molecular formula is C13H17N3. The second kappa shape index (κ2) is 4.84. The van der Waals surface area contributed by atoms with Crippen molar-refractivity contribution in [2.45, 2.75) is 20.4 Å². The number of aromatic nitrogens is 2. The Labute approximate surface area is 96.1 Å². The Morgan fingerprint density at radius 1 is 1.25 bits per heavy atom. The normalized spacial score (nSPS) is 10.4. The molecule has 3 heteroatoms. The lowest BCUT2D eigenvalue weighted by Gasteiger charge is -2.08. The van der Waals surface area contributed by atoms with Crippen molar-refractivity contribution in [2.24, 2.45) is 0 Å². The number of hydrogen-bond acceptors (Lipinski definition) is 2. The van der Waals surface area contributed by atoms with Gasteiger partial charge in [-0.15, -0.1) is 0 Å². The number of nitrogens with zero attached hydrogens (tertiary/aromatic N) is 2. The summed E-state index contributed by atoms with van der Waals surface area (Å²) in [6.07, 6.45) is 3.82. The highest BCUT2D eigenvalue weighted by Crippen LogP contribution is 2.10. The van der Waals surface area contributed by atoms with Crippen LogP contribution in [0.2, 0.25) is 0 Å².